The molecule has 4 aromatic carbocycles. The minimum atomic E-state index is -0.975. The van der Waals surface area contributed by atoms with Gasteiger partial charge >= 0.3 is 12.1 Å². The van der Waals surface area contributed by atoms with Crippen molar-refractivity contribution in [3.05, 3.63) is 131 Å². The maximum Gasteiger partial charge on any atom is 0.419 e. The summed E-state index contributed by atoms with van der Waals surface area (Å²) >= 11 is 0. The van der Waals surface area contributed by atoms with Gasteiger partial charge in [-0.15, -0.1) is 0 Å². The fourth-order valence-corrected chi connectivity index (χ4v) is 5.42. The summed E-state index contributed by atoms with van der Waals surface area (Å²) in [4.78, 5) is 28.2. The van der Waals surface area contributed by atoms with Crippen LogP contribution in [0.15, 0.2) is 109 Å². The number of carbonyl (C=O) groups excluding carboxylic acids is 2. The normalized spacial score (nSPS) is 18.1. The lowest BCUT2D eigenvalue weighted by atomic mass is 9.78. The zero-order chi connectivity index (χ0) is 22.4. The maximum atomic E-state index is 13.5. The van der Waals surface area contributed by atoms with Crippen molar-refractivity contribution in [3.8, 4) is 11.1 Å². The Morgan fingerprint density at radius 2 is 1.18 bits per heavy atom. The summed E-state index contributed by atoms with van der Waals surface area (Å²) in [5.74, 6) is -0.513. The Kier molecular flexibility index (Phi) is 4.40. The fraction of sp³-hybridized carbons (Fsp3) is 0.103. The highest BCUT2D eigenvalue weighted by Gasteiger charge is 2.58. The molecular weight excluding hydrogens is 410 g/mol. The number of ether oxygens (including phenoxy) is 1. The van der Waals surface area contributed by atoms with E-state index in [4.69, 9.17) is 4.74 Å². The topological polar surface area (TPSA) is 46.6 Å². The van der Waals surface area contributed by atoms with Gasteiger partial charge < -0.3 is 4.74 Å². The number of hydrogen-bond donors (Lipinski definition) is 0. The second-order valence-electron chi connectivity index (χ2n) is 8.43. The summed E-state index contributed by atoms with van der Waals surface area (Å²) in [7, 11) is 0. The Morgan fingerprint density at radius 3 is 1.79 bits per heavy atom. The molecule has 1 aliphatic heterocycles. The van der Waals surface area contributed by atoms with Crippen molar-refractivity contribution >= 4 is 12.1 Å². The molecule has 0 unspecified atom stereocenters. The third-order valence-corrected chi connectivity index (χ3v) is 6.72. The van der Waals surface area contributed by atoms with Gasteiger partial charge in [-0.05, 0) is 33.4 Å². The standard InChI is InChI=1S/C29H21NO3/c31-27-26(19-20-11-3-1-4-12-20)30(28(32)33-27)29(21-13-5-2-6-14-21)24-17-9-7-15-22(24)23-16-8-10-18-25(23)29/h1-18,26H,19H2/t26-/m0/s1. The van der Waals surface area contributed by atoms with Crippen molar-refractivity contribution in [2.24, 2.45) is 0 Å². The number of hydrogen-bond acceptors (Lipinski definition) is 3. The summed E-state index contributed by atoms with van der Waals surface area (Å²) in [6.45, 7) is 0. The lowest BCUT2D eigenvalue weighted by molar-refractivity contribution is -0.136. The van der Waals surface area contributed by atoms with Crippen molar-refractivity contribution < 1.29 is 14.3 Å². The number of amides is 1. The molecule has 1 atom stereocenters. The van der Waals surface area contributed by atoms with Crippen LogP contribution in [-0.2, 0) is 21.5 Å². The van der Waals surface area contributed by atoms with Crippen molar-refractivity contribution in [1.29, 1.82) is 0 Å². The number of cyclic esters (lactones) is 2. The molecule has 0 N–H and O–H groups in total. The monoisotopic (exact) mass is 431 g/mol. The molecular formula is C29H21NO3. The van der Waals surface area contributed by atoms with Crippen LogP contribution in [0.3, 0.4) is 0 Å². The van der Waals surface area contributed by atoms with E-state index < -0.39 is 23.6 Å². The lowest BCUT2D eigenvalue weighted by Crippen LogP contribution is -2.52. The summed E-state index contributed by atoms with van der Waals surface area (Å²) in [6, 6.07) is 35.2. The highest BCUT2D eigenvalue weighted by atomic mass is 16.6. The molecule has 1 saturated heterocycles. The summed E-state index contributed by atoms with van der Waals surface area (Å²) in [5, 5.41) is 0. The molecule has 1 fully saturated rings. The molecule has 2 aliphatic rings. The molecule has 0 spiro atoms. The quantitative estimate of drug-likeness (QED) is 0.314. The van der Waals surface area contributed by atoms with Gasteiger partial charge in [0.25, 0.3) is 0 Å². The molecule has 6 rings (SSSR count). The van der Waals surface area contributed by atoms with Gasteiger partial charge in [0.1, 0.15) is 11.6 Å². The predicted molar refractivity (Wildman–Crippen MR) is 125 cm³/mol. The third kappa shape index (κ3) is 2.77. The van der Waals surface area contributed by atoms with Crippen LogP contribution < -0.4 is 0 Å². The van der Waals surface area contributed by atoms with E-state index >= 15 is 0 Å². The molecule has 0 radical (unpaired) electrons. The first-order chi connectivity index (χ1) is 16.2. The van der Waals surface area contributed by atoms with Crippen LogP contribution in [0.1, 0.15) is 22.3 Å². The summed E-state index contributed by atoms with van der Waals surface area (Å²) < 4.78 is 5.30. The lowest BCUT2D eigenvalue weighted by Gasteiger charge is -2.42. The Morgan fingerprint density at radius 1 is 0.667 bits per heavy atom. The molecule has 0 aromatic heterocycles. The molecule has 1 aliphatic carbocycles. The first-order valence-corrected chi connectivity index (χ1v) is 11.0. The minimum absolute atomic E-state index is 0.379. The molecule has 1 amide bonds. The number of fused-ring (bicyclic) bond motifs is 3. The van der Waals surface area contributed by atoms with Crippen LogP contribution in [0.4, 0.5) is 4.79 Å². The molecule has 0 saturated carbocycles. The van der Waals surface area contributed by atoms with E-state index in [0.717, 1.165) is 33.4 Å². The Labute approximate surface area is 192 Å². The van der Waals surface area contributed by atoms with E-state index in [1.807, 2.05) is 84.9 Å². The zero-order valence-corrected chi connectivity index (χ0v) is 17.8. The molecule has 33 heavy (non-hydrogen) atoms. The van der Waals surface area contributed by atoms with E-state index in [0.29, 0.717) is 6.42 Å². The Bertz CT molecular complexity index is 1320. The average molecular weight is 431 g/mol. The van der Waals surface area contributed by atoms with Crippen LogP contribution in [0.2, 0.25) is 0 Å². The van der Waals surface area contributed by atoms with Gasteiger partial charge in [0.2, 0.25) is 0 Å². The number of esters is 1. The van der Waals surface area contributed by atoms with Gasteiger partial charge in [0, 0.05) is 6.42 Å². The van der Waals surface area contributed by atoms with Crippen LogP contribution in [0.5, 0.6) is 0 Å². The van der Waals surface area contributed by atoms with Crippen molar-refractivity contribution in [2.75, 3.05) is 0 Å². The van der Waals surface area contributed by atoms with E-state index in [-0.39, 0.29) is 0 Å². The Hall–Kier alpha value is -4.18. The number of rotatable bonds is 4. The van der Waals surface area contributed by atoms with Gasteiger partial charge in [0.15, 0.2) is 0 Å². The molecule has 4 aromatic rings. The predicted octanol–water partition coefficient (Wildman–Crippen LogP) is 5.55. The van der Waals surface area contributed by atoms with E-state index in [2.05, 4.69) is 24.3 Å². The van der Waals surface area contributed by atoms with Gasteiger partial charge in [-0.3, -0.25) is 4.90 Å². The van der Waals surface area contributed by atoms with Gasteiger partial charge in [-0.25, -0.2) is 9.59 Å². The van der Waals surface area contributed by atoms with Crippen molar-refractivity contribution in [1.82, 2.24) is 4.90 Å². The smallest absolute Gasteiger partial charge is 0.375 e. The van der Waals surface area contributed by atoms with E-state index in [1.165, 1.54) is 0 Å². The first-order valence-electron chi connectivity index (χ1n) is 11.0. The number of nitrogens with zero attached hydrogens (tertiary/aromatic N) is 1. The van der Waals surface area contributed by atoms with Gasteiger partial charge in [0.05, 0.1) is 0 Å². The molecule has 4 heteroatoms. The summed E-state index contributed by atoms with van der Waals surface area (Å²) in [6.07, 6.45) is -0.235. The minimum Gasteiger partial charge on any atom is -0.375 e. The van der Waals surface area contributed by atoms with E-state index in [9.17, 15) is 9.59 Å². The van der Waals surface area contributed by atoms with E-state index in [1.54, 1.807) is 4.90 Å². The van der Waals surface area contributed by atoms with Crippen LogP contribution in [0.25, 0.3) is 11.1 Å². The van der Waals surface area contributed by atoms with Gasteiger partial charge in [-0.1, -0.05) is 109 Å². The maximum absolute atomic E-state index is 13.5. The van der Waals surface area contributed by atoms with Crippen molar-refractivity contribution in [3.63, 3.8) is 0 Å². The molecule has 1 heterocycles. The number of carbonyl (C=O) groups is 2. The van der Waals surface area contributed by atoms with Crippen LogP contribution in [-0.4, -0.2) is 23.0 Å². The average Bonchev–Trinajstić information content (AvgIpc) is 3.31. The SMILES string of the molecule is O=C1OC(=O)N(C2(c3ccccc3)c3ccccc3-c3ccccc32)[C@H]1Cc1ccccc1. The third-order valence-electron chi connectivity index (χ3n) is 6.72. The number of benzene rings is 4. The fourth-order valence-electron chi connectivity index (χ4n) is 5.42. The Balaban J connectivity index is 1.65. The summed E-state index contributed by atoms with van der Waals surface area (Å²) in [5.41, 5.74) is 4.99. The largest absolute Gasteiger partial charge is 0.419 e. The molecule has 0 bridgehead atoms. The molecule has 160 valence electrons. The second kappa shape index (κ2) is 7.45. The second-order valence-corrected chi connectivity index (χ2v) is 8.43. The molecule has 4 nitrogen and oxygen atoms in total. The van der Waals surface area contributed by atoms with Crippen molar-refractivity contribution in [2.45, 2.75) is 18.0 Å². The van der Waals surface area contributed by atoms with Gasteiger partial charge in [-0.2, -0.15) is 0 Å². The zero-order valence-electron chi connectivity index (χ0n) is 17.8. The van der Waals surface area contributed by atoms with Crippen LogP contribution >= 0.6 is 0 Å². The highest BCUT2D eigenvalue weighted by molar-refractivity contribution is 5.98. The van der Waals surface area contributed by atoms with Crippen LogP contribution in [0, 0.1) is 0 Å². The highest BCUT2D eigenvalue weighted by Crippen LogP contribution is 2.55. The first kappa shape index (κ1) is 19.5.